The third-order valence-electron chi connectivity index (χ3n) is 2.01. The minimum atomic E-state index is -4.40. The lowest BCUT2D eigenvalue weighted by atomic mass is 10.0. The number of carbonyl (C=O) groups is 1. The lowest BCUT2D eigenvalue weighted by molar-refractivity contribution is -0.226. The fourth-order valence-electron chi connectivity index (χ4n) is 1.43. The molecule has 1 fully saturated rings. The van der Waals surface area contributed by atoms with Crippen molar-refractivity contribution in [2.24, 2.45) is 5.92 Å². The molecule has 3 nitrogen and oxygen atoms in total. The summed E-state index contributed by atoms with van der Waals surface area (Å²) in [7, 11) is 1.00. The van der Waals surface area contributed by atoms with Crippen molar-refractivity contribution >= 4 is 5.91 Å². The zero-order valence-electron chi connectivity index (χ0n) is 7.02. The summed E-state index contributed by atoms with van der Waals surface area (Å²) in [6.07, 6.45) is -6.35. The average molecular weight is 197 g/mol. The summed E-state index contributed by atoms with van der Waals surface area (Å²) in [6, 6.07) is 0. The molecule has 0 radical (unpaired) electrons. The molecule has 6 heteroatoms. The van der Waals surface area contributed by atoms with E-state index >= 15 is 0 Å². The molecule has 1 amide bonds. The molecule has 0 saturated carbocycles. The Bertz CT molecular complexity index is 204. The number of hydrogen-bond donors (Lipinski definition) is 1. The van der Waals surface area contributed by atoms with Crippen molar-refractivity contribution in [3.05, 3.63) is 0 Å². The molecule has 0 aromatic heterocycles. The van der Waals surface area contributed by atoms with Gasteiger partial charge in [-0.25, -0.2) is 0 Å². The van der Waals surface area contributed by atoms with E-state index in [0.717, 1.165) is 7.11 Å². The van der Waals surface area contributed by atoms with Crippen molar-refractivity contribution in [3.8, 4) is 0 Å². The SMILES string of the molecule is COC(C1CNC(=O)C1)C(F)(F)F. The van der Waals surface area contributed by atoms with Crippen molar-refractivity contribution in [1.82, 2.24) is 5.32 Å². The van der Waals surface area contributed by atoms with Gasteiger partial charge in [0, 0.05) is 26.0 Å². The number of hydrogen-bond acceptors (Lipinski definition) is 2. The minimum Gasteiger partial charge on any atom is -0.372 e. The summed E-state index contributed by atoms with van der Waals surface area (Å²) in [4.78, 5) is 10.7. The largest absolute Gasteiger partial charge is 0.414 e. The maximum atomic E-state index is 12.2. The Hall–Kier alpha value is -0.780. The lowest BCUT2D eigenvalue weighted by Crippen LogP contribution is -2.38. The number of nitrogens with one attached hydrogen (secondary N) is 1. The number of methoxy groups -OCH3 is 1. The van der Waals surface area contributed by atoms with Gasteiger partial charge < -0.3 is 10.1 Å². The summed E-state index contributed by atoms with van der Waals surface area (Å²) >= 11 is 0. The molecule has 0 aliphatic carbocycles. The van der Waals surface area contributed by atoms with Gasteiger partial charge >= 0.3 is 6.18 Å². The van der Waals surface area contributed by atoms with Gasteiger partial charge in [0.25, 0.3) is 0 Å². The van der Waals surface area contributed by atoms with Gasteiger partial charge in [0.1, 0.15) is 0 Å². The van der Waals surface area contributed by atoms with Crippen LogP contribution in [0.5, 0.6) is 0 Å². The highest BCUT2D eigenvalue weighted by Gasteiger charge is 2.47. The second kappa shape index (κ2) is 3.53. The van der Waals surface area contributed by atoms with E-state index in [4.69, 9.17) is 0 Å². The van der Waals surface area contributed by atoms with Gasteiger partial charge in [-0.2, -0.15) is 13.2 Å². The molecule has 1 heterocycles. The molecule has 76 valence electrons. The number of ether oxygens (including phenoxy) is 1. The van der Waals surface area contributed by atoms with Crippen molar-refractivity contribution in [1.29, 1.82) is 0 Å². The number of alkyl halides is 3. The fourth-order valence-corrected chi connectivity index (χ4v) is 1.43. The Balaban J connectivity index is 2.62. The van der Waals surface area contributed by atoms with E-state index in [9.17, 15) is 18.0 Å². The van der Waals surface area contributed by atoms with Crippen LogP contribution in [0.1, 0.15) is 6.42 Å². The monoisotopic (exact) mass is 197 g/mol. The molecule has 1 saturated heterocycles. The highest BCUT2D eigenvalue weighted by Crippen LogP contribution is 2.31. The van der Waals surface area contributed by atoms with E-state index in [0.29, 0.717) is 0 Å². The predicted octanol–water partition coefficient (Wildman–Crippen LogP) is 0.700. The van der Waals surface area contributed by atoms with Crippen molar-refractivity contribution in [3.63, 3.8) is 0 Å². The quantitative estimate of drug-likeness (QED) is 0.707. The number of amides is 1. The summed E-state index contributed by atoms with van der Waals surface area (Å²) in [5.74, 6) is -1.14. The molecule has 13 heavy (non-hydrogen) atoms. The van der Waals surface area contributed by atoms with Crippen LogP contribution in [-0.4, -0.2) is 31.8 Å². The second-order valence-electron chi connectivity index (χ2n) is 2.97. The first kappa shape index (κ1) is 10.3. The summed E-state index contributed by atoms with van der Waals surface area (Å²) in [6.45, 7) is 0.0385. The summed E-state index contributed by atoms with van der Waals surface area (Å²) in [5, 5.41) is 2.34. The maximum absolute atomic E-state index is 12.2. The third kappa shape index (κ3) is 2.33. The Morgan fingerprint density at radius 2 is 2.23 bits per heavy atom. The van der Waals surface area contributed by atoms with E-state index < -0.39 is 18.2 Å². The van der Waals surface area contributed by atoms with Gasteiger partial charge in [0.05, 0.1) is 0 Å². The average Bonchev–Trinajstić information content (AvgIpc) is 2.34. The molecular weight excluding hydrogens is 187 g/mol. The second-order valence-corrected chi connectivity index (χ2v) is 2.97. The first-order chi connectivity index (χ1) is 5.95. The van der Waals surface area contributed by atoms with Crippen LogP contribution in [0.4, 0.5) is 13.2 Å². The van der Waals surface area contributed by atoms with E-state index in [1.807, 2.05) is 0 Å². The Morgan fingerprint density at radius 1 is 1.62 bits per heavy atom. The van der Waals surface area contributed by atoms with E-state index in [1.165, 1.54) is 0 Å². The van der Waals surface area contributed by atoms with Crippen molar-refractivity contribution in [2.45, 2.75) is 18.7 Å². The van der Waals surface area contributed by atoms with Crippen molar-refractivity contribution < 1.29 is 22.7 Å². The third-order valence-corrected chi connectivity index (χ3v) is 2.01. The highest BCUT2D eigenvalue weighted by atomic mass is 19.4. The standard InChI is InChI=1S/C7H10F3NO2/c1-13-6(7(8,9)10)4-2-5(12)11-3-4/h4,6H,2-3H2,1H3,(H,11,12). The topological polar surface area (TPSA) is 38.3 Å². The molecule has 0 bridgehead atoms. The van der Waals surface area contributed by atoms with Crippen LogP contribution in [0, 0.1) is 5.92 Å². The fraction of sp³-hybridized carbons (Fsp3) is 0.857. The Labute approximate surface area is 73.2 Å². The van der Waals surface area contributed by atoms with Crippen LogP contribution < -0.4 is 5.32 Å². The van der Waals surface area contributed by atoms with Gasteiger partial charge in [-0.15, -0.1) is 0 Å². The summed E-state index contributed by atoms with van der Waals surface area (Å²) in [5.41, 5.74) is 0. The first-order valence-electron chi connectivity index (χ1n) is 3.81. The highest BCUT2D eigenvalue weighted by molar-refractivity contribution is 5.78. The van der Waals surface area contributed by atoms with Gasteiger partial charge in [0.15, 0.2) is 6.10 Å². The minimum absolute atomic E-state index is 0.0385. The zero-order chi connectivity index (χ0) is 10.1. The molecule has 1 aliphatic heterocycles. The van der Waals surface area contributed by atoms with E-state index in [-0.39, 0.29) is 18.9 Å². The zero-order valence-corrected chi connectivity index (χ0v) is 7.02. The molecule has 1 rings (SSSR count). The maximum Gasteiger partial charge on any atom is 0.414 e. The van der Waals surface area contributed by atoms with Gasteiger partial charge in [0.2, 0.25) is 5.91 Å². The molecule has 2 atom stereocenters. The molecule has 1 N–H and O–H groups in total. The van der Waals surface area contributed by atoms with Crippen LogP contribution in [0.3, 0.4) is 0 Å². The van der Waals surface area contributed by atoms with Crippen LogP contribution in [0.15, 0.2) is 0 Å². The van der Waals surface area contributed by atoms with Crippen LogP contribution in [0.25, 0.3) is 0 Å². The van der Waals surface area contributed by atoms with Crippen LogP contribution in [-0.2, 0) is 9.53 Å². The van der Waals surface area contributed by atoms with Crippen molar-refractivity contribution in [2.75, 3.05) is 13.7 Å². The van der Waals surface area contributed by atoms with Gasteiger partial charge in [-0.3, -0.25) is 4.79 Å². The normalized spacial score (nSPS) is 25.8. The number of rotatable bonds is 2. The molecule has 0 spiro atoms. The first-order valence-corrected chi connectivity index (χ1v) is 3.81. The molecule has 0 aromatic rings. The lowest BCUT2D eigenvalue weighted by Gasteiger charge is -2.22. The number of halogens is 3. The Morgan fingerprint density at radius 3 is 2.54 bits per heavy atom. The van der Waals surface area contributed by atoms with Crippen LogP contribution in [0.2, 0.25) is 0 Å². The van der Waals surface area contributed by atoms with E-state index in [2.05, 4.69) is 10.1 Å². The van der Waals surface area contributed by atoms with Crippen LogP contribution >= 0.6 is 0 Å². The molecule has 2 unspecified atom stereocenters. The molecular formula is C7H10F3NO2. The summed E-state index contributed by atoms with van der Waals surface area (Å²) < 4.78 is 41.0. The Kier molecular flexibility index (Phi) is 2.80. The smallest absolute Gasteiger partial charge is 0.372 e. The molecule has 1 aliphatic rings. The van der Waals surface area contributed by atoms with Gasteiger partial charge in [-0.1, -0.05) is 0 Å². The number of carbonyl (C=O) groups excluding carboxylic acids is 1. The predicted molar refractivity (Wildman–Crippen MR) is 38.0 cm³/mol. The van der Waals surface area contributed by atoms with E-state index in [1.54, 1.807) is 0 Å². The van der Waals surface area contributed by atoms with Gasteiger partial charge in [-0.05, 0) is 0 Å². The molecule has 0 aromatic carbocycles.